The number of urea groups is 1. The Labute approximate surface area is 155 Å². The van der Waals surface area contributed by atoms with Gasteiger partial charge in [0.05, 0.1) is 12.8 Å². The molecule has 5 heteroatoms. The van der Waals surface area contributed by atoms with Gasteiger partial charge in [0.2, 0.25) is 0 Å². The second kappa shape index (κ2) is 9.25. The third-order valence-corrected chi connectivity index (χ3v) is 4.79. The highest BCUT2D eigenvalue weighted by molar-refractivity contribution is 5.91. The summed E-state index contributed by atoms with van der Waals surface area (Å²) in [7, 11) is 1.61. The molecule has 1 aliphatic rings. The minimum absolute atomic E-state index is 0.0570. The molecule has 1 saturated heterocycles. The standard InChI is InChI=1S/C21H27N3O2/c1-26-20-12-6-5-11-19(20)22-21(25)24-16-14-23(15-17-24)13-7-10-18-8-3-2-4-9-18/h2-6,8-9,11-12H,7,10,13-17H2,1H3,(H,22,25). The van der Waals surface area contributed by atoms with Gasteiger partial charge in [0.15, 0.2) is 0 Å². The molecular formula is C21H27N3O2. The molecule has 1 N–H and O–H groups in total. The van der Waals surface area contributed by atoms with E-state index in [4.69, 9.17) is 4.74 Å². The first-order chi connectivity index (χ1) is 12.8. The molecule has 0 radical (unpaired) electrons. The Morgan fingerprint density at radius 3 is 2.42 bits per heavy atom. The third kappa shape index (κ3) is 4.99. The summed E-state index contributed by atoms with van der Waals surface area (Å²) in [6.45, 7) is 4.44. The zero-order valence-corrected chi connectivity index (χ0v) is 15.4. The van der Waals surface area contributed by atoms with Crippen molar-refractivity contribution in [1.82, 2.24) is 9.80 Å². The van der Waals surface area contributed by atoms with Crippen LogP contribution >= 0.6 is 0 Å². The Morgan fingerprint density at radius 1 is 1.00 bits per heavy atom. The van der Waals surface area contributed by atoms with Crippen LogP contribution in [0.4, 0.5) is 10.5 Å². The second-order valence-electron chi connectivity index (χ2n) is 6.55. The number of carbonyl (C=O) groups excluding carboxylic acids is 1. The van der Waals surface area contributed by atoms with Crippen LogP contribution in [0, 0.1) is 0 Å². The summed E-state index contributed by atoms with van der Waals surface area (Å²) >= 11 is 0. The number of ether oxygens (including phenoxy) is 1. The maximum atomic E-state index is 12.5. The van der Waals surface area contributed by atoms with Crippen LogP contribution in [0.25, 0.3) is 0 Å². The van der Waals surface area contributed by atoms with Crippen molar-refractivity contribution in [2.24, 2.45) is 0 Å². The van der Waals surface area contributed by atoms with Gasteiger partial charge in [0.25, 0.3) is 0 Å². The molecule has 26 heavy (non-hydrogen) atoms. The summed E-state index contributed by atoms with van der Waals surface area (Å²) in [5.74, 6) is 0.681. The third-order valence-electron chi connectivity index (χ3n) is 4.79. The molecule has 2 aromatic rings. The zero-order chi connectivity index (χ0) is 18.2. The molecule has 5 nitrogen and oxygen atoms in total. The van der Waals surface area contributed by atoms with E-state index in [1.54, 1.807) is 7.11 Å². The van der Waals surface area contributed by atoms with Gasteiger partial charge < -0.3 is 15.0 Å². The van der Waals surface area contributed by atoms with Crippen LogP contribution in [0.5, 0.6) is 5.75 Å². The van der Waals surface area contributed by atoms with Crippen molar-refractivity contribution >= 4 is 11.7 Å². The highest BCUT2D eigenvalue weighted by Gasteiger charge is 2.21. The highest BCUT2D eigenvalue weighted by Crippen LogP contribution is 2.23. The number of hydrogen-bond donors (Lipinski definition) is 1. The molecule has 1 aliphatic heterocycles. The maximum absolute atomic E-state index is 12.5. The average Bonchev–Trinajstić information content (AvgIpc) is 2.70. The molecule has 0 aliphatic carbocycles. The Morgan fingerprint density at radius 2 is 1.69 bits per heavy atom. The van der Waals surface area contributed by atoms with Crippen LogP contribution in [0.1, 0.15) is 12.0 Å². The molecular weight excluding hydrogens is 326 g/mol. The largest absolute Gasteiger partial charge is 0.495 e. The number of benzene rings is 2. The van der Waals surface area contributed by atoms with Crippen molar-refractivity contribution < 1.29 is 9.53 Å². The van der Waals surface area contributed by atoms with E-state index in [0.717, 1.165) is 45.6 Å². The van der Waals surface area contributed by atoms with Gasteiger partial charge in [-0.25, -0.2) is 4.79 Å². The Kier molecular flexibility index (Phi) is 6.50. The zero-order valence-electron chi connectivity index (χ0n) is 15.4. The number of aryl methyl sites for hydroxylation is 1. The van der Waals surface area contributed by atoms with Gasteiger partial charge in [-0.2, -0.15) is 0 Å². The van der Waals surface area contributed by atoms with Crippen LogP contribution in [0.3, 0.4) is 0 Å². The lowest BCUT2D eigenvalue weighted by molar-refractivity contribution is 0.146. The topological polar surface area (TPSA) is 44.8 Å². The first-order valence-corrected chi connectivity index (χ1v) is 9.21. The fourth-order valence-electron chi connectivity index (χ4n) is 3.27. The second-order valence-corrected chi connectivity index (χ2v) is 6.55. The summed E-state index contributed by atoms with van der Waals surface area (Å²) in [4.78, 5) is 16.8. The van der Waals surface area contributed by atoms with E-state index in [1.807, 2.05) is 29.2 Å². The van der Waals surface area contributed by atoms with Crippen molar-refractivity contribution in [2.75, 3.05) is 45.2 Å². The lowest BCUT2D eigenvalue weighted by Gasteiger charge is -2.34. The summed E-state index contributed by atoms with van der Waals surface area (Å²) in [6.07, 6.45) is 2.26. The number of nitrogens with zero attached hydrogens (tertiary/aromatic N) is 2. The quantitative estimate of drug-likeness (QED) is 0.865. The molecule has 1 heterocycles. The SMILES string of the molecule is COc1ccccc1NC(=O)N1CCN(CCCc2ccccc2)CC1. The molecule has 0 saturated carbocycles. The smallest absolute Gasteiger partial charge is 0.322 e. The van der Waals surface area contributed by atoms with Crippen LogP contribution in [0.15, 0.2) is 54.6 Å². The molecule has 2 amide bonds. The Balaban J connectivity index is 1.41. The van der Waals surface area contributed by atoms with Crippen LogP contribution in [-0.4, -0.2) is 55.7 Å². The molecule has 2 aromatic carbocycles. The van der Waals surface area contributed by atoms with E-state index >= 15 is 0 Å². The molecule has 1 fully saturated rings. The van der Waals surface area contributed by atoms with E-state index in [9.17, 15) is 4.79 Å². The predicted octanol–water partition coefficient (Wildman–Crippen LogP) is 3.48. The van der Waals surface area contributed by atoms with Gasteiger partial charge in [-0.15, -0.1) is 0 Å². The molecule has 0 bridgehead atoms. The number of rotatable bonds is 6. The van der Waals surface area contributed by atoms with Crippen molar-refractivity contribution in [3.63, 3.8) is 0 Å². The van der Waals surface area contributed by atoms with Gasteiger partial charge in [0, 0.05) is 26.2 Å². The molecule has 3 rings (SSSR count). The van der Waals surface area contributed by atoms with Gasteiger partial charge in [-0.3, -0.25) is 4.90 Å². The number of amides is 2. The van der Waals surface area contributed by atoms with Crippen molar-refractivity contribution in [3.05, 3.63) is 60.2 Å². The summed E-state index contributed by atoms with van der Waals surface area (Å²) in [5, 5.41) is 2.95. The maximum Gasteiger partial charge on any atom is 0.322 e. The van der Waals surface area contributed by atoms with Crippen molar-refractivity contribution in [3.8, 4) is 5.75 Å². The van der Waals surface area contributed by atoms with Gasteiger partial charge in [0.1, 0.15) is 5.75 Å². The van der Waals surface area contributed by atoms with Crippen LogP contribution in [0.2, 0.25) is 0 Å². The van der Waals surface area contributed by atoms with E-state index in [-0.39, 0.29) is 6.03 Å². The average molecular weight is 353 g/mol. The fourth-order valence-corrected chi connectivity index (χ4v) is 3.27. The van der Waals surface area contributed by atoms with Crippen LogP contribution in [-0.2, 0) is 6.42 Å². The first-order valence-electron chi connectivity index (χ1n) is 9.21. The summed E-state index contributed by atoms with van der Waals surface area (Å²) in [5.41, 5.74) is 2.10. The highest BCUT2D eigenvalue weighted by atomic mass is 16.5. The Bertz CT molecular complexity index is 697. The molecule has 0 unspecified atom stereocenters. The lowest BCUT2D eigenvalue weighted by atomic mass is 10.1. The molecule has 138 valence electrons. The normalized spacial score (nSPS) is 14.9. The Hall–Kier alpha value is -2.53. The summed E-state index contributed by atoms with van der Waals surface area (Å²) < 4.78 is 5.29. The summed E-state index contributed by atoms with van der Waals surface area (Å²) in [6, 6.07) is 18.0. The van der Waals surface area contributed by atoms with E-state index in [1.165, 1.54) is 5.56 Å². The lowest BCUT2D eigenvalue weighted by Crippen LogP contribution is -2.50. The number of piperazine rings is 1. The number of hydrogen-bond acceptors (Lipinski definition) is 3. The monoisotopic (exact) mass is 353 g/mol. The molecule has 0 spiro atoms. The van der Waals surface area contributed by atoms with E-state index in [2.05, 4.69) is 40.5 Å². The van der Waals surface area contributed by atoms with E-state index < -0.39 is 0 Å². The number of para-hydroxylation sites is 2. The predicted molar refractivity (Wildman–Crippen MR) is 105 cm³/mol. The fraction of sp³-hybridized carbons (Fsp3) is 0.381. The van der Waals surface area contributed by atoms with Crippen molar-refractivity contribution in [2.45, 2.75) is 12.8 Å². The molecule has 0 atom stereocenters. The first kappa shape index (κ1) is 18.3. The molecule has 0 aromatic heterocycles. The number of methoxy groups -OCH3 is 1. The number of anilines is 1. The van der Waals surface area contributed by atoms with Crippen LogP contribution < -0.4 is 10.1 Å². The van der Waals surface area contributed by atoms with E-state index in [0.29, 0.717) is 11.4 Å². The van der Waals surface area contributed by atoms with Gasteiger partial charge in [-0.05, 0) is 37.1 Å². The number of carbonyl (C=O) groups is 1. The minimum atomic E-state index is -0.0570. The van der Waals surface area contributed by atoms with Crippen molar-refractivity contribution in [1.29, 1.82) is 0 Å². The number of nitrogens with one attached hydrogen (secondary N) is 1. The van der Waals surface area contributed by atoms with Gasteiger partial charge >= 0.3 is 6.03 Å². The van der Waals surface area contributed by atoms with Gasteiger partial charge in [-0.1, -0.05) is 42.5 Å². The minimum Gasteiger partial charge on any atom is -0.495 e.